The summed E-state index contributed by atoms with van der Waals surface area (Å²) in [5, 5.41) is 21.2. The van der Waals surface area contributed by atoms with Crippen LogP contribution in [0.3, 0.4) is 0 Å². The molecular formula is C14H15ClF3N5O2. The highest BCUT2D eigenvalue weighted by molar-refractivity contribution is 6.31. The predicted octanol–water partition coefficient (Wildman–Crippen LogP) is 4.20. The molecule has 1 aromatic carbocycles. The van der Waals surface area contributed by atoms with Crippen molar-refractivity contribution in [2.75, 3.05) is 5.32 Å². The summed E-state index contributed by atoms with van der Waals surface area (Å²) >= 11 is 5.69. The first-order valence-corrected chi connectivity index (χ1v) is 7.55. The lowest BCUT2D eigenvalue weighted by molar-refractivity contribution is -0.384. The molecule has 0 spiro atoms. The number of rotatable bonds is 5. The Hall–Kier alpha value is -2.36. The molecule has 2 aromatic rings. The van der Waals surface area contributed by atoms with Crippen LogP contribution < -0.4 is 5.32 Å². The summed E-state index contributed by atoms with van der Waals surface area (Å²) < 4.78 is 40.4. The molecule has 0 unspecified atom stereocenters. The fourth-order valence-corrected chi connectivity index (χ4v) is 2.59. The average Bonchev–Trinajstić information content (AvgIpc) is 2.88. The Kier molecular flexibility index (Phi) is 5.21. The topological polar surface area (TPSA) is 85.9 Å². The number of alkyl halides is 3. The van der Waals surface area contributed by atoms with E-state index in [2.05, 4.69) is 15.5 Å². The Labute approximate surface area is 146 Å². The van der Waals surface area contributed by atoms with Crippen molar-refractivity contribution in [3.8, 4) is 0 Å². The highest BCUT2D eigenvalue weighted by atomic mass is 35.5. The van der Waals surface area contributed by atoms with Crippen LogP contribution in [0.5, 0.6) is 0 Å². The molecule has 1 atom stereocenters. The van der Waals surface area contributed by atoms with E-state index in [4.69, 9.17) is 11.6 Å². The number of hydrogen-bond acceptors (Lipinski definition) is 5. The van der Waals surface area contributed by atoms with Crippen LogP contribution in [0, 0.1) is 16.0 Å². The molecule has 136 valence electrons. The van der Waals surface area contributed by atoms with Gasteiger partial charge in [-0.25, -0.2) is 0 Å². The van der Waals surface area contributed by atoms with E-state index < -0.39 is 33.4 Å². The molecule has 7 nitrogen and oxygen atoms in total. The van der Waals surface area contributed by atoms with Crippen LogP contribution in [0.15, 0.2) is 18.5 Å². The number of nitrogens with zero attached hydrogens (tertiary/aromatic N) is 4. The standard InChI is InChI=1S/C14H15ClF3N5O2/c1-7(2)12(13-21-19-6-22(13)3)20-10-5-9(15)8(14(16,17)18)4-11(10)23(24)25/h4-7,12,20H,1-3H3/t12-/m1/s1. The Bertz CT molecular complexity index is 791. The second kappa shape index (κ2) is 6.87. The molecule has 0 amide bonds. The van der Waals surface area contributed by atoms with Gasteiger partial charge in [0.15, 0.2) is 5.82 Å². The molecule has 0 saturated heterocycles. The second-order valence-corrected chi connectivity index (χ2v) is 6.18. The number of aryl methyl sites for hydroxylation is 1. The zero-order valence-electron chi connectivity index (χ0n) is 13.5. The Morgan fingerprint density at radius 1 is 1.36 bits per heavy atom. The second-order valence-electron chi connectivity index (χ2n) is 5.77. The van der Waals surface area contributed by atoms with Gasteiger partial charge in [-0.1, -0.05) is 25.4 Å². The molecule has 25 heavy (non-hydrogen) atoms. The van der Waals surface area contributed by atoms with Gasteiger partial charge < -0.3 is 9.88 Å². The van der Waals surface area contributed by atoms with Gasteiger partial charge in [-0.2, -0.15) is 13.2 Å². The molecule has 0 aliphatic carbocycles. The molecule has 11 heteroatoms. The van der Waals surface area contributed by atoms with Crippen LogP contribution in [-0.2, 0) is 13.2 Å². The molecule has 0 aliphatic heterocycles. The van der Waals surface area contributed by atoms with Gasteiger partial charge in [-0.3, -0.25) is 10.1 Å². The van der Waals surface area contributed by atoms with Crippen molar-refractivity contribution in [2.24, 2.45) is 13.0 Å². The summed E-state index contributed by atoms with van der Waals surface area (Å²) in [6.07, 6.45) is -3.33. The molecule has 0 saturated carbocycles. The van der Waals surface area contributed by atoms with Crippen LogP contribution in [0.2, 0.25) is 5.02 Å². The number of nitrogens with one attached hydrogen (secondary N) is 1. The van der Waals surface area contributed by atoms with Gasteiger partial charge in [0, 0.05) is 13.1 Å². The van der Waals surface area contributed by atoms with E-state index >= 15 is 0 Å². The van der Waals surface area contributed by atoms with Crippen LogP contribution >= 0.6 is 11.6 Å². The normalized spacial score (nSPS) is 13.1. The van der Waals surface area contributed by atoms with Gasteiger partial charge in [0.25, 0.3) is 5.69 Å². The molecule has 1 heterocycles. The van der Waals surface area contributed by atoms with Crippen LogP contribution in [0.4, 0.5) is 24.5 Å². The number of nitro groups is 1. The molecule has 2 rings (SSSR count). The number of nitro benzene ring substituents is 1. The zero-order valence-corrected chi connectivity index (χ0v) is 14.3. The van der Waals surface area contributed by atoms with E-state index in [-0.39, 0.29) is 11.6 Å². The molecule has 0 bridgehead atoms. The molecule has 0 radical (unpaired) electrons. The quantitative estimate of drug-likeness (QED) is 0.623. The minimum Gasteiger partial charge on any atom is -0.369 e. The summed E-state index contributed by atoms with van der Waals surface area (Å²) in [7, 11) is 1.69. The van der Waals surface area contributed by atoms with Crippen molar-refractivity contribution >= 4 is 23.0 Å². The van der Waals surface area contributed by atoms with Crippen molar-refractivity contribution in [3.63, 3.8) is 0 Å². The Balaban J connectivity index is 2.52. The van der Waals surface area contributed by atoms with Gasteiger partial charge in [0.05, 0.1) is 21.6 Å². The lowest BCUT2D eigenvalue weighted by Crippen LogP contribution is -2.21. The predicted molar refractivity (Wildman–Crippen MR) is 85.3 cm³/mol. The van der Waals surface area contributed by atoms with E-state index in [0.29, 0.717) is 11.9 Å². The van der Waals surface area contributed by atoms with Crippen LogP contribution in [-0.4, -0.2) is 19.7 Å². The monoisotopic (exact) mass is 377 g/mol. The van der Waals surface area contributed by atoms with Crippen LogP contribution in [0.1, 0.15) is 31.3 Å². The summed E-state index contributed by atoms with van der Waals surface area (Å²) in [5.41, 5.74) is -2.10. The molecule has 0 fully saturated rings. The van der Waals surface area contributed by atoms with Gasteiger partial charge in [0.2, 0.25) is 0 Å². The summed E-state index contributed by atoms with van der Waals surface area (Å²) in [6.45, 7) is 3.67. The summed E-state index contributed by atoms with van der Waals surface area (Å²) in [6, 6.07) is 0.825. The Morgan fingerprint density at radius 2 is 2.00 bits per heavy atom. The van der Waals surface area contributed by atoms with Crippen molar-refractivity contribution in [1.82, 2.24) is 14.8 Å². The fourth-order valence-electron chi connectivity index (χ4n) is 2.32. The first kappa shape index (κ1) is 19.0. The fraction of sp³-hybridized carbons (Fsp3) is 0.429. The highest BCUT2D eigenvalue weighted by Gasteiger charge is 2.36. The maximum Gasteiger partial charge on any atom is 0.418 e. The average molecular weight is 378 g/mol. The maximum atomic E-state index is 12.9. The number of benzene rings is 1. The van der Waals surface area contributed by atoms with E-state index in [0.717, 1.165) is 6.07 Å². The molecule has 1 aromatic heterocycles. The smallest absolute Gasteiger partial charge is 0.369 e. The third-order valence-corrected chi connectivity index (χ3v) is 3.90. The van der Waals surface area contributed by atoms with Crippen molar-refractivity contribution in [2.45, 2.75) is 26.1 Å². The van der Waals surface area contributed by atoms with Gasteiger partial charge >= 0.3 is 6.18 Å². The third-order valence-electron chi connectivity index (χ3n) is 3.59. The van der Waals surface area contributed by atoms with E-state index in [1.807, 2.05) is 13.8 Å². The summed E-state index contributed by atoms with van der Waals surface area (Å²) in [5.74, 6) is 0.406. The minimum atomic E-state index is -4.79. The van der Waals surface area contributed by atoms with Crippen molar-refractivity contribution < 1.29 is 18.1 Å². The van der Waals surface area contributed by atoms with E-state index in [1.165, 1.54) is 6.33 Å². The van der Waals surface area contributed by atoms with Gasteiger partial charge in [-0.05, 0) is 12.0 Å². The van der Waals surface area contributed by atoms with Gasteiger partial charge in [-0.15, -0.1) is 10.2 Å². The first-order valence-electron chi connectivity index (χ1n) is 7.18. The van der Waals surface area contributed by atoms with Crippen LogP contribution in [0.25, 0.3) is 0 Å². The number of anilines is 1. The number of halogens is 4. The SMILES string of the molecule is CC(C)[C@@H](Nc1cc(Cl)c(C(F)(F)F)cc1[N+](=O)[O-])c1nncn1C. The lowest BCUT2D eigenvalue weighted by atomic mass is 10.0. The molecular weight excluding hydrogens is 363 g/mol. The first-order chi connectivity index (χ1) is 11.5. The number of hydrogen-bond donors (Lipinski definition) is 1. The third kappa shape index (κ3) is 4.01. The van der Waals surface area contributed by atoms with Crippen molar-refractivity contribution in [1.29, 1.82) is 0 Å². The summed E-state index contributed by atoms with van der Waals surface area (Å²) in [4.78, 5) is 10.4. The highest BCUT2D eigenvalue weighted by Crippen LogP contribution is 2.41. The Morgan fingerprint density at radius 3 is 2.44 bits per heavy atom. The zero-order chi connectivity index (χ0) is 18.9. The van der Waals surface area contributed by atoms with E-state index in [9.17, 15) is 23.3 Å². The van der Waals surface area contributed by atoms with E-state index in [1.54, 1.807) is 11.6 Å². The van der Waals surface area contributed by atoms with Gasteiger partial charge in [0.1, 0.15) is 12.0 Å². The van der Waals surface area contributed by atoms with Crippen molar-refractivity contribution in [3.05, 3.63) is 45.0 Å². The number of aromatic nitrogens is 3. The minimum absolute atomic E-state index is 0.0800. The maximum absolute atomic E-state index is 12.9. The molecule has 0 aliphatic rings. The molecule has 1 N–H and O–H groups in total. The lowest BCUT2D eigenvalue weighted by Gasteiger charge is -2.23. The largest absolute Gasteiger partial charge is 0.418 e.